The smallest absolute Gasteiger partial charge is 0.435 e. The van der Waals surface area contributed by atoms with Gasteiger partial charge in [0.25, 0.3) is 0 Å². The Morgan fingerprint density at radius 1 is 0.906 bits per heavy atom. The van der Waals surface area contributed by atoms with Gasteiger partial charge in [-0.1, -0.05) is 6.07 Å². The number of anilines is 2. The first-order valence-corrected chi connectivity index (χ1v) is 9.07. The summed E-state index contributed by atoms with van der Waals surface area (Å²) in [5.74, 6) is -0.161. The molecule has 0 atom stereocenters. The molecule has 0 aliphatic heterocycles. The zero-order chi connectivity index (χ0) is 22.7. The van der Waals surface area contributed by atoms with Crippen LogP contribution in [0.2, 0.25) is 0 Å². The fraction of sp³-hybridized carbons (Fsp3) is 0.0952. The van der Waals surface area contributed by atoms with Crippen LogP contribution >= 0.6 is 0 Å². The second kappa shape index (κ2) is 8.61. The molecule has 0 saturated heterocycles. The van der Waals surface area contributed by atoms with Crippen molar-refractivity contribution in [3.05, 3.63) is 67.0 Å². The van der Waals surface area contributed by atoms with E-state index in [1.54, 1.807) is 24.4 Å². The maximum Gasteiger partial charge on any atom is 0.573 e. The van der Waals surface area contributed by atoms with E-state index in [9.17, 15) is 22.0 Å². The van der Waals surface area contributed by atoms with Crippen molar-refractivity contribution < 1.29 is 31.4 Å². The Balaban J connectivity index is 1.80. The molecule has 4 rings (SSSR count). The Morgan fingerprint density at radius 2 is 1.75 bits per heavy atom. The highest BCUT2D eigenvalue weighted by molar-refractivity contribution is 5.93. The molecule has 6 nitrogen and oxygen atoms in total. The van der Waals surface area contributed by atoms with Crippen molar-refractivity contribution >= 4 is 22.4 Å². The molecule has 0 radical (unpaired) electrons. The lowest BCUT2D eigenvalue weighted by atomic mass is 10.2. The van der Waals surface area contributed by atoms with Crippen molar-refractivity contribution in [3.8, 4) is 22.9 Å². The lowest BCUT2D eigenvalue weighted by Crippen LogP contribution is -2.17. The third-order valence-corrected chi connectivity index (χ3v) is 4.14. The number of benzene rings is 2. The maximum absolute atomic E-state index is 12.7. The Labute approximate surface area is 177 Å². The lowest BCUT2D eigenvalue weighted by molar-refractivity contribution is -0.274. The SMILES string of the molecule is FC(F)Oc1cccc(Nc2nc(-c3cccnc3)nc3ccc(OC(F)(F)F)cc23)c1. The van der Waals surface area contributed by atoms with Gasteiger partial charge in [0.15, 0.2) is 5.82 Å². The second-order valence-corrected chi connectivity index (χ2v) is 6.40. The molecular weight excluding hydrogens is 435 g/mol. The number of nitrogens with one attached hydrogen (secondary N) is 1. The zero-order valence-corrected chi connectivity index (χ0v) is 16.0. The minimum atomic E-state index is -4.88. The first kappa shape index (κ1) is 21.2. The summed E-state index contributed by atoms with van der Waals surface area (Å²) in [6.07, 6.45) is -1.78. The highest BCUT2D eigenvalue weighted by atomic mass is 19.4. The van der Waals surface area contributed by atoms with Crippen molar-refractivity contribution in [1.82, 2.24) is 15.0 Å². The number of fused-ring (bicyclic) bond motifs is 1. The summed E-state index contributed by atoms with van der Waals surface area (Å²) in [6, 6.07) is 12.7. The molecule has 4 aromatic rings. The number of halogens is 5. The number of hydrogen-bond acceptors (Lipinski definition) is 6. The van der Waals surface area contributed by atoms with E-state index in [0.29, 0.717) is 16.8 Å². The van der Waals surface area contributed by atoms with E-state index in [-0.39, 0.29) is 22.8 Å². The molecule has 0 bridgehead atoms. The maximum atomic E-state index is 12.7. The molecule has 0 aliphatic carbocycles. The average Bonchev–Trinajstić information content (AvgIpc) is 2.73. The number of hydrogen-bond donors (Lipinski definition) is 1. The van der Waals surface area contributed by atoms with Gasteiger partial charge >= 0.3 is 13.0 Å². The van der Waals surface area contributed by atoms with E-state index in [2.05, 4.69) is 29.7 Å². The Bertz CT molecular complexity index is 1240. The summed E-state index contributed by atoms with van der Waals surface area (Å²) < 4.78 is 71.5. The van der Waals surface area contributed by atoms with Crippen LogP contribution in [0.25, 0.3) is 22.3 Å². The number of alkyl halides is 5. The standard InChI is InChI=1S/C21H13F5N4O2/c22-20(23)31-14-5-1-4-13(9-14)28-19-16-10-15(32-21(24,25)26)6-7-17(16)29-18(30-19)12-3-2-8-27-11-12/h1-11,20H,(H,28,29,30). The predicted octanol–water partition coefficient (Wildman–Crippen LogP) is 5.94. The van der Waals surface area contributed by atoms with Crippen LogP contribution in [-0.4, -0.2) is 27.9 Å². The first-order valence-electron chi connectivity index (χ1n) is 9.07. The van der Waals surface area contributed by atoms with E-state index >= 15 is 0 Å². The summed E-state index contributed by atoms with van der Waals surface area (Å²) in [5.41, 5.74) is 1.22. The molecule has 32 heavy (non-hydrogen) atoms. The molecule has 2 aromatic heterocycles. The number of aromatic nitrogens is 3. The number of nitrogens with zero attached hydrogens (tertiary/aromatic N) is 3. The van der Waals surface area contributed by atoms with Crippen LogP contribution in [0.15, 0.2) is 67.0 Å². The van der Waals surface area contributed by atoms with Gasteiger partial charge in [0.05, 0.1) is 5.52 Å². The first-order chi connectivity index (χ1) is 15.3. The van der Waals surface area contributed by atoms with Crippen LogP contribution in [0.5, 0.6) is 11.5 Å². The molecule has 0 spiro atoms. The third kappa shape index (κ3) is 5.17. The summed E-state index contributed by atoms with van der Waals surface area (Å²) in [6.45, 7) is -3.01. The van der Waals surface area contributed by atoms with E-state index < -0.39 is 18.7 Å². The van der Waals surface area contributed by atoms with E-state index in [1.165, 1.54) is 30.5 Å². The summed E-state index contributed by atoms with van der Waals surface area (Å²) in [4.78, 5) is 12.8. The van der Waals surface area contributed by atoms with Crippen LogP contribution in [0.3, 0.4) is 0 Å². The van der Waals surface area contributed by atoms with Crippen molar-refractivity contribution in [2.24, 2.45) is 0 Å². The van der Waals surface area contributed by atoms with Gasteiger partial charge in [-0.3, -0.25) is 4.98 Å². The van der Waals surface area contributed by atoms with Gasteiger partial charge < -0.3 is 14.8 Å². The summed E-state index contributed by atoms with van der Waals surface area (Å²) in [7, 11) is 0. The summed E-state index contributed by atoms with van der Waals surface area (Å²) in [5, 5.41) is 3.15. The number of ether oxygens (including phenoxy) is 2. The third-order valence-electron chi connectivity index (χ3n) is 4.14. The number of pyridine rings is 1. The van der Waals surface area contributed by atoms with E-state index in [1.807, 2.05) is 0 Å². The predicted molar refractivity (Wildman–Crippen MR) is 106 cm³/mol. The second-order valence-electron chi connectivity index (χ2n) is 6.40. The molecule has 0 fully saturated rings. The fourth-order valence-corrected chi connectivity index (χ4v) is 2.91. The Hall–Kier alpha value is -4.02. The van der Waals surface area contributed by atoms with Gasteiger partial charge in [0.2, 0.25) is 0 Å². The monoisotopic (exact) mass is 448 g/mol. The van der Waals surface area contributed by atoms with Crippen LogP contribution in [-0.2, 0) is 0 Å². The Kier molecular flexibility index (Phi) is 5.71. The average molecular weight is 448 g/mol. The quantitative estimate of drug-likeness (QED) is 0.369. The molecule has 0 amide bonds. The van der Waals surface area contributed by atoms with Crippen molar-refractivity contribution in [2.75, 3.05) is 5.32 Å². The molecule has 0 unspecified atom stereocenters. The van der Waals surface area contributed by atoms with Gasteiger partial charge in [0.1, 0.15) is 17.3 Å². The fourth-order valence-electron chi connectivity index (χ4n) is 2.91. The van der Waals surface area contributed by atoms with Gasteiger partial charge in [-0.15, -0.1) is 13.2 Å². The van der Waals surface area contributed by atoms with Gasteiger partial charge in [-0.05, 0) is 42.5 Å². The van der Waals surface area contributed by atoms with Gasteiger partial charge in [-0.25, -0.2) is 9.97 Å². The molecule has 11 heteroatoms. The van der Waals surface area contributed by atoms with E-state index in [4.69, 9.17) is 0 Å². The highest BCUT2D eigenvalue weighted by Gasteiger charge is 2.31. The topological polar surface area (TPSA) is 69.2 Å². The minimum absolute atomic E-state index is 0.100. The number of rotatable bonds is 6. The largest absolute Gasteiger partial charge is 0.573 e. The van der Waals surface area contributed by atoms with Crippen molar-refractivity contribution in [2.45, 2.75) is 13.0 Å². The molecule has 0 aliphatic rings. The molecule has 2 heterocycles. The highest BCUT2D eigenvalue weighted by Crippen LogP contribution is 2.32. The summed E-state index contributed by atoms with van der Waals surface area (Å²) >= 11 is 0. The Morgan fingerprint density at radius 3 is 2.47 bits per heavy atom. The molecule has 0 saturated carbocycles. The minimum Gasteiger partial charge on any atom is -0.435 e. The lowest BCUT2D eigenvalue weighted by Gasteiger charge is -2.14. The normalized spacial score (nSPS) is 11.6. The van der Waals surface area contributed by atoms with Crippen molar-refractivity contribution in [3.63, 3.8) is 0 Å². The molecule has 164 valence electrons. The van der Waals surface area contributed by atoms with Gasteiger partial charge in [0, 0.05) is 35.1 Å². The molecule has 2 aromatic carbocycles. The van der Waals surface area contributed by atoms with Crippen molar-refractivity contribution in [1.29, 1.82) is 0 Å². The van der Waals surface area contributed by atoms with Gasteiger partial charge in [-0.2, -0.15) is 8.78 Å². The molecule has 1 N–H and O–H groups in total. The molecular formula is C21H13F5N4O2. The van der Waals surface area contributed by atoms with Crippen LogP contribution in [0, 0.1) is 0 Å². The van der Waals surface area contributed by atoms with Crippen LogP contribution < -0.4 is 14.8 Å². The van der Waals surface area contributed by atoms with Crippen LogP contribution in [0.1, 0.15) is 0 Å². The van der Waals surface area contributed by atoms with E-state index in [0.717, 1.165) is 12.1 Å². The zero-order valence-electron chi connectivity index (χ0n) is 16.0. The van der Waals surface area contributed by atoms with Crippen LogP contribution in [0.4, 0.5) is 33.5 Å².